The SMILES string of the molecule is CCNC(=O)C(CC)N(Cc1ccc(Cl)cc1)C(=O)CN(c1cc(Cl)ccc1C)S(=O)(=O)c1ccccc1. The van der Waals surface area contributed by atoms with Crippen molar-refractivity contribution >= 4 is 50.7 Å². The molecule has 0 fully saturated rings. The van der Waals surface area contributed by atoms with Crippen LogP contribution in [0.2, 0.25) is 10.0 Å². The van der Waals surface area contributed by atoms with Crippen molar-refractivity contribution in [2.75, 3.05) is 17.4 Å². The standard InChI is InChI=1S/C28H31Cl2N3O4S/c1-4-25(28(35)31-5-2)32(18-21-12-15-22(29)16-13-21)27(34)19-33(26-17-23(30)14-11-20(26)3)38(36,37)24-9-7-6-8-10-24/h6-17,25H,4-5,18-19H2,1-3H3,(H,31,35). The molecule has 0 aliphatic rings. The molecule has 202 valence electrons. The van der Waals surface area contributed by atoms with Crippen LogP contribution in [0.15, 0.2) is 77.7 Å². The van der Waals surface area contributed by atoms with Gasteiger partial charge in [-0.25, -0.2) is 8.42 Å². The zero-order valence-corrected chi connectivity index (χ0v) is 23.9. The fourth-order valence-corrected chi connectivity index (χ4v) is 5.87. The third-order valence-electron chi connectivity index (χ3n) is 6.05. The summed E-state index contributed by atoms with van der Waals surface area (Å²) in [6, 6.07) is 18.9. The van der Waals surface area contributed by atoms with Gasteiger partial charge in [0.05, 0.1) is 10.6 Å². The number of rotatable bonds is 11. The molecule has 1 N–H and O–H groups in total. The zero-order valence-electron chi connectivity index (χ0n) is 21.5. The molecule has 2 amide bonds. The molecule has 0 saturated carbocycles. The van der Waals surface area contributed by atoms with Crippen LogP contribution in [0.1, 0.15) is 31.4 Å². The van der Waals surface area contributed by atoms with Gasteiger partial charge in [-0.2, -0.15) is 0 Å². The summed E-state index contributed by atoms with van der Waals surface area (Å²) in [5.74, 6) is -0.842. The van der Waals surface area contributed by atoms with Crippen LogP contribution in [0.25, 0.3) is 0 Å². The third kappa shape index (κ3) is 7.07. The Balaban J connectivity index is 2.08. The minimum absolute atomic E-state index is 0.0344. The first-order chi connectivity index (χ1) is 18.1. The smallest absolute Gasteiger partial charge is 0.264 e. The zero-order chi connectivity index (χ0) is 27.9. The van der Waals surface area contributed by atoms with Crippen LogP contribution < -0.4 is 9.62 Å². The maximum Gasteiger partial charge on any atom is 0.264 e. The van der Waals surface area contributed by atoms with Crippen molar-refractivity contribution in [2.24, 2.45) is 0 Å². The van der Waals surface area contributed by atoms with E-state index in [1.54, 1.807) is 68.4 Å². The van der Waals surface area contributed by atoms with E-state index in [-0.39, 0.29) is 23.0 Å². The monoisotopic (exact) mass is 575 g/mol. The van der Waals surface area contributed by atoms with Crippen LogP contribution in [0.3, 0.4) is 0 Å². The van der Waals surface area contributed by atoms with Crippen molar-refractivity contribution in [3.8, 4) is 0 Å². The van der Waals surface area contributed by atoms with E-state index in [4.69, 9.17) is 23.2 Å². The predicted molar refractivity (Wildman–Crippen MR) is 152 cm³/mol. The second-order valence-electron chi connectivity index (χ2n) is 8.72. The largest absolute Gasteiger partial charge is 0.355 e. The van der Waals surface area contributed by atoms with Crippen molar-refractivity contribution in [2.45, 2.75) is 44.7 Å². The van der Waals surface area contributed by atoms with Crippen molar-refractivity contribution in [1.29, 1.82) is 0 Å². The van der Waals surface area contributed by atoms with E-state index in [9.17, 15) is 18.0 Å². The molecule has 38 heavy (non-hydrogen) atoms. The van der Waals surface area contributed by atoms with Crippen molar-refractivity contribution in [1.82, 2.24) is 10.2 Å². The van der Waals surface area contributed by atoms with Gasteiger partial charge in [0.2, 0.25) is 11.8 Å². The molecule has 0 bridgehead atoms. The van der Waals surface area contributed by atoms with Gasteiger partial charge in [0, 0.05) is 23.1 Å². The lowest BCUT2D eigenvalue weighted by Gasteiger charge is -2.33. The van der Waals surface area contributed by atoms with E-state index in [1.807, 2.05) is 6.92 Å². The van der Waals surface area contributed by atoms with Gasteiger partial charge < -0.3 is 10.2 Å². The number of aryl methyl sites for hydroxylation is 1. The highest BCUT2D eigenvalue weighted by molar-refractivity contribution is 7.92. The summed E-state index contributed by atoms with van der Waals surface area (Å²) >= 11 is 12.3. The van der Waals surface area contributed by atoms with Crippen LogP contribution in [0.4, 0.5) is 5.69 Å². The number of halogens is 2. The number of benzene rings is 3. The first kappa shape index (κ1) is 29.5. The van der Waals surface area contributed by atoms with Gasteiger partial charge in [-0.05, 0) is 67.8 Å². The molecule has 10 heteroatoms. The van der Waals surface area contributed by atoms with Gasteiger partial charge in [-0.1, -0.05) is 66.5 Å². The molecule has 3 aromatic rings. The topological polar surface area (TPSA) is 86.8 Å². The number of likely N-dealkylation sites (N-methyl/N-ethyl adjacent to an activating group) is 1. The van der Waals surface area contributed by atoms with E-state index in [1.165, 1.54) is 23.1 Å². The number of nitrogens with one attached hydrogen (secondary N) is 1. The average molecular weight is 577 g/mol. The Morgan fingerprint density at radius 2 is 1.55 bits per heavy atom. The molecule has 0 aliphatic carbocycles. The molecule has 0 radical (unpaired) electrons. The predicted octanol–water partition coefficient (Wildman–Crippen LogP) is 5.44. The van der Waals surface area contributed by atoms with Gasteiger partial charge in [-0.3, -0.25) is 13.9 Å². The average Bonchev–Trinajstić information content (AvgIpc) is 2.90. The number of hydrogen-bond acceptors (Lipinski definition) is 4. The second-order valence-corrected chi connectivity index (χ2v) is 11.5. The Morgan fingerprint density at radius 3 is 2.16 bits per heavy atom. The molecular formula is C28H31Cl2N3O4S. The summed E-state index contributed by atoms with van der Waals surface area (Å²) in [5.41, 5.74) is 1.66. The number of carbonyl (C=O) groups excluding carboxylic acids is 2. The van der Waals surface area contributed by atoms with Crippen molar-refractivity contribution in [3.05, 3.63) is 94.0 Å². The molecule has 0 aliphatic heterocycles. The van der Waals surface area contributed by atoms with Gasteiger partial charge in [0.15, 0.2) is 0 Å². The first-order valence-electron chi connectivity index (χ1n) is 12.2. The maximum absolute atomic E-state index is 14.0. The summed E-state index contributed by atoms with van der Waals surface area (Å²) in [5, 5.41) is 3.65. The van der Waals surface area contributed by atoms with E-state index in [2.05, 4.69) is 5.32 Å². The molecular weight excluding hydrogens is 545 g/mol. The lowest BCUT2D eigenvalue weighted by Crippen LogP contribution is -2.52. The van der Waals surface area contributed by atoms with Gasteiger partial charge >= 0.3 is 0 Å². The fourth-order valence-electron chi connectivity index (χ4n) is 4.08. The molecule has 0 saturated heterocycles. The Hall–Kier alpha value is -3.07. The summed E-state index contributed by atoms with van der Waals surface area (Å²) < 4.78 is 28.7. The Morgan fingerprint density at radius 1 is 0.921 bits per heavy atom. The van der Waals surface area contributed by atoms with Crippen LogP contribution in [0.5, 0.6) is 0 Å². The lowest BCUT2D eigenvalue weighted by atomic mass is 10.1. The number of carbonyl (C=O) groups is 2. The van der Waals surface area contributed by atoms with Crippen LogP contribution >= 0.6 is 23.2 Å². The lowest BCUT2D eigenvalue weighted by molar-refractivity contribution is -0.140. The van der Waals surface area contributed by atoms with E-state index < -0.39 is 28.5 Å². The maximum atomic E-state index is 14.0. The van der Waals surface area contributed by atoms with E-state index in [0.717, 1.165) is 9.87 Å². The van der Waals surface area contributed by atoms with Crippen molar-refractivity contribution in [3.63, 3.8) is 0 Å². The third-order valence-corrected chi connectivity index (χ3v) is 8.31. The normalized spacial score (nSPS) is 12.0. The van der Waals surface area contributed by atoms with Gasteiger partial charge in [0.25, 0.3) is 10.0 Å². The molecule has 3 rings (SSSR count). The number of sulfonamides is 1. The summed E-state index contributed by atoms with van der Waals surface area (Å²) in [6.07, 6.45) is 0.340. The first-order valence-corrected chi connectivity index (χ1v) is 14.4. The molecule has 1 atom stereocenters. The highest BCUT2D eigenvalue weighted by atomic mass is 35.5. The summed E-state index contributed by atoms with van der Waals surface area (Å²) in [6.45, 7) is 5.32. The van der Waals surface area contributed by atoms with Gasteiger partial charge in [0.1, 0.15) is 12.6 Å². The number of amides is 2. The molecule has 0 aromatic heterocycles. The van der Waals surface area contributed by atoms with E-state index >= 15 is 0 Å². The summed E-state index contributed by atoms with van der Waals surface area (Å²) in [4.78, 5) is 28.4. The molecule has 7 nitrogen and oxygen atoms in total. The quantitative estimate of drug-likeness (QED) is 0.330. The Labute approximate surface area is 234 Å². The number of hydrogen-bond donors (Lipinski definition) is 1. The highest BCUT2D eigenvalue weighted by Crippen LogP contribution is 2.30. The molecule has 1 unspecified atom stereocenters. The van der Waals surface area contributed by atoms with Crippen LogP contribution in [-0.4, -0.2) is 44.3 Å². The van der Waals surface area contributed by atoms with Crippen molar-refractivity contribution < 1.29 is 18.0 Å². The highest BCUT2D eigenvalue weighted by Gasteiger charge is 2.34. The molecule has 3 aromatic carbocycles. The fraction of sp³-hybridized carbons (Fsp3) is 0.286. The summed E-state index contributed by atoms with van der Waals surface area (Å²) in [7, 11) is -4.15. The minimum atomic E-state index is -4.15. The number of nitrogens with zero attached hydrogens (tertiary/aromatic N) is 2. The Bertz CT molecular complexity index is 1370. The number of anilines is 1. The Kier molecular flexibility index (Phi) is 10.2. The molecule has 0 spiro atoms. The van der Waals surface area contributed by atoms with Gasteiger partial charge in [-0.15, -0.1) is 0 Å². The van der Waals surface area contributed by atoms with Crippen LogP contribution in [-0.2, 0) is 26.2 Å². The second kappa shape index (κ2) is 13.1. The molecule has 0 heterocycles. The minimum Gasteiger partial charge on any atom is -0.355 e. The van der Waals surface area contributed by atoms with Crippen LogP contribution in [0, 0.1) is 6.92 Å². The van der Waals surface area contributed by atoms with E-state index in [0.29, 0.717) is 28.6 Å².